The Kier molecular flexibility index (Phi) is 4.34. The molecule has 1 aromatic carbocycles. The van der Waals surface area contributed by atoms with Crippen LogP contribution >= 0.6 is 11.6 Å². The quantitative estimate of drug-likeness (QED) is 0.867. The number of carbonyl (C=O) groups excluding carboxylic acids is 1. The number of H-pyrrole nitrogens is 1. The van der Waals surface area contributed by atoms with Crippen LogP contribution in [0.1, 0.15) is 11.5 Å². The second-order valence-electron chi connectivity index (χ2n) is 5.47. The van der Waals surface area contributed by atoms with Gasteiger partial charge in [0.25, 0.3) is 5.56 Å². The lowest BCUT2D eigenvalue weighted by Gasteiger charge is -2.16. The van der Waals surface area contributed by atoms with Gasteiger partial charge in [-0.1, -0.05) is 23.7 Å². The summed E-state index contributed by atoms with van der Waals surface area (Å²) in [5.41, 5.74) is 0.767. The number of hydrogen-bond donors (Lipinski definition) is 1. The third kappa shape index (κ3) is 3.22. The topological polar surface area (TPSA) is 75.3 Å². The van der Waals surface area contributed by atoms with Crippen LogP contribution in [-0.2, 0) is 9.53 Å². The van der Waals surface area contributed by atoms with Crippen LogP contribution in [0.5, 0.6) is 0 Å². The maximum Gasteiger partial charge on any atom is 0.311 e. The van der Waals surface area contributed by atoms with E-state index in [9.17, 15) is 9.59 Å². The number of rotatable bonds is 3. The predicted octanol–water partition coefficient (Wildman–Crippen LogP) is 1.82. The lowest BCUT2D eigenvalue weighted by atomic mass is 9.89. The Labute approximate surface area is 138 Å². The maximum absolute atomic E-state index is 12.1. The lowest BCUT2D eigenvalue weighted by Crippen LogP contribution is -2.25. The van der Waals surface area contributed by atoms with Crippen LogP contribution in [0, 0.1) is 5.92 Å². The Hall–Kier alpha value is -2.34. The van der Waals surface area contributed by atoms with E-state index in [1.54, 1.807) is 6.07 Å². The van der Waals surface area contributed by atoms with Crippen LogP contribution in [-0.4, -0.2) is 36.4 Å². The Morgan fingerprint density at radius 3 is 2.61 bits per heavy atom. The first-order valence-corrected chi connectivity index (χ1v) is 7.60. The zero-order valence-electron chi connectivity index (χ0n) is 12.5. The van der Waals surface area contributed by atoms with Crippen LogP contribution < -0.4 is 10.5 Å². The molecule has 0 unspecified atom stereocenters. The summed E-state index contributed by atoms with van der Waals surface area (Å²) in [6, 6.07) is 10.5. The highest BCUT2D eigenvalue weighted by atomic mass is 35.5. The lowest BCUT2D eigenvalue weighted by molar-refractivity contribution is -0.145. The number of anilines is 1. The summed E-state index contributed by atoms with van der Waals surface area (Å²) >= 11 is 5.94. The fraction of sp³-hybridized carbons (Fsp3) is 0.312. The molecule has 1 aliphatic heterocycles. The first kappa shape index (κ1) is 15.6. The number of aromatic amines is 1. The minimum Gasteiger partial charge on any atom is -0.469 e. The normalized spacial score (nSPS) is 20.5. The fourth-order valence-corrected chi connectivity index (χ4v) is 3.07. The number of halogens is 1. The molecular formula is C16H16ClN3O3. The van der Waals surface area contributed by atoms with Crippen LogP contribution in [0.2, 0.25) is 5.02 Å². The molecule has 1 fully saturated rings. The first-order valence-electron chi connectivity index (χ1n) is 7.22. The van der Waals surface area contributed by atoms with Gasteiger partial charge in [-0.2, -0.15) is 5.10 Å². The van der Waals surface area contributed by atoms with Gasteiger partial charge in [-0.3, -0.25) is 9.59 Å². The van der Waals surface area contributed by atoms with E-state index in [0.717, 1.165) is 5.56 Å². The molecule has 2 atom stereocenters. The van der Waals surface area contributed by atoms with Gasteiger partial charge < -0.3 is 9.64 Å². The van der Waals surface area contributed by atoms with E-state index in [1.165, 1.54) is 13.2 Å². The first-order chi connectivity index (χ1) is 11.1. The number of aromatic nitrogens is 2. The molecule has 1 N–H and O–H groups in total. The van der Waals surface area contributed by atoms with Crippen molar-refractivity contribution in [1.29, 1.82) is 0 Å². The zero-order chi connectivity index (χ0) is 16.4. The number of methoxy groups -OCH3 is 1. The molecule has 0 radical (unpaired) electrons. The molecular weight excluding hydrogens is 318 g/mol. The third-order valence-electron chi connectivity index (χ3n) is 4.11. The van der Waals surface area contributed by atoms with Gasteiger partial charge in [0, 0.05) is 30.1 Å². The van der Waals surface area contributed by atoms with E-state index < -0.39 is 0 Å². The number of carbonyl (C=O) groups is 1. The van der Waals surface area contributed by atoms with E-state index >= 15 is 0 Å². The average Bonchev–Trinajstić information content (AvgIpc) is 3.00. The molecule has 2 heterocycles. The Morgan fingerprint density at radius 1 is 1.26 bits per heavy atom. The highest BCUT2D eigenvalue weighted by Crippen LogP contribution is 2.35. The summed E-state index contributed by atoms with van der Waals surface area (Å²) in [6.45, 7) is 1.10. The largest absolute Gasteiger partial charge is 0.469 e. The Morgan fingerprint density at radius 2 is 2.00 bits per heavy atom. The van der Waals surface area contributed by atoms with Crippen LogP contribution in [0.15, 0.2) is 41.2 Å². The van der Waals surface area contributed by atoms with E-state index in [0.29, 0.717) is 23.9 Å². The van der Waals surface area contributed by atoms with E-state index in [4.69, 9.17) is 16.3 Å². The van der Waals surface area contributed by atoms with Crippen LogP contribution in [0.3, 0.4) is 0 Å². The second-order valence-corrected chi connectivity index (χ2v) is 5.91. The number of ether oxygens (including phenoxy) is 1. The smallest absolute Gasteiger partial charge is 0.311 e. The van der Waals surface area contributed by atoms with Gasteiger partial charge in [0.05, 0.1) is 13.0 Å². The van der Waals surface area contributed by atoms with Gasteiger partial charge in [0.2, 0.25) is 0 Å². The fourth-order valence-electron chi connectivity index (χ4n) is 2.94. The average molecular weight is 334 g/mol. The molecule has 7 heteroatoms. The molecule has 1 aliphatic rings. The molecule has 23 heavy (non-hydrogen) atoms. The molecule has 0 aliphatic carbocycles. The summed E-state index contributed by atoms with van der Waals surface area (Å²) in [4.78, 5) is 25.3. The van der Waals surface area contributed by atoms with Crippen molar-refractivity contribution in [1.82, 2.24) is 10.2 Å². The summed E-state index contributed by atoms with van der Waals surface area (Å²) in [5, 5.41) is 7.11. The minimum absolute atomic E-state index is 0.0200. The van der Waals surface area contributed by atoms with Crippen molar-refractivity contribution < 1.29 is 9.53 Å². The standard InChI is InChI=1S/C16H16ClN3O3/c1-23-16(22)13-9-20(14-6-7-15(21)19-18-14)8-12(13)10-2-4-11(17)5-3-10/h2-7,12-13H,8-9H2,1H3,(H,19,21)/t12-,13+/m0/s1. The molecule has 0 amide bonds. The second kappa shape index (κ2) is 6.42. The van der Waals surface area contributed by atoms with Crippen molar-refractivity contribution in [2.24, 2.45) is 5.92 Å². The Bertz CT molecular complexity index is 739. The molecule has 1 saturated heterocycles. The van der Waals surface area contributed by atoms with Gasteiger partial charge >= 0.3 is 5.97 Å². The number of esters is 1. The van der Waals surface area contributed by atoms with Crippen molar-refractivity contribution in [3.05, 3.63) is 57.3 Å². The van der Waals surface area contributed by atoms with Crippen molar-refractivity contribution in [3.8, 4) is 0 Å². The molecule has 6 nitrogen and oxygen atoms in total. The zero-order valence-corrected chi connectivity index (χ0v) is 13.3. The van der Waals surface area contributed by atoms with E-state index in [1.807, 2.05) is 29.2 Å². The minimum atomic E-state index is -0.296. The van der Waals surface area contributed by atoms with Crippen molar-refractivity contribution >= 4 is 23.4 Å². The van der Waals surface area contributed by atoms with Crippen molar-refractivity contribution in [3.63, 3.8) is 0 Å². The molecule has 0 spiro atoms. The van der Waals surface area contributed by atoms with Crippen LogP contribution in [0.25, 0.3) is 0 Å². The number of benzene rings is 1. The summed E-state index contributed by atoms with van der Waals surface area (Å²) in [7, 11) is 1.39. The molecule has 1 aromatic heterocycles. The summed E-state index contributed by atoms with van der Waals surface area (Å²) in [5.74, 6) is 0.0650. The van der Waals surface area contributed by atoms with Gasteiger partial charge in [-0.05, 0) is 23.8 Å². The number of nitrogens with one attached hydrogen (secondary N) is 1. The summed E-state index contributed by atoms with van der Waals surface area (Å²) in [6.07, 6.45) is 0. The summed E-state index contributed by atoms with van der Waals surface area (Å²) < 4.78 is 4.94. The SMILES string of the molecule is COC(=O)[C@@H]1CN(c2ccc(=O)[nH]n2)C[C@H]1c1ccc(Cl)cc1. The van der Waals surface area contributed by atoms with Gasteiger partial charge in [-0.25, -0.2) is 5.10 Å². The molecule has 2 aromatic rings. The number of hydrogen-bond acceptors (Lipinski definition) is 5. The maximum atomic E-state index is 12.1. The van der Waals surface area contributed by atoms with Gasteiger partial charge in [0.15, 0.2) is 0 Å². The Balaban J connectivity index is 1.90. The predicted molar refractivity (Wildman–Crippen MR) is 86.8 cm³/mol. The van der Waals surface area contributed by atoms with Gasteiger partial charge in [-0.15, -0.1) is 0 Å². The van der Waals surface area contributed by atoms with Crippen LogP contribution in [0.4, 0.5) is 5.82 Å². The van der Waals surface area contributed by atoms with E-state index in [2.05, 4.69) is 10.2 Å². The van der Waals surface area contributed by atoms with Crippen molar-refractivity contribution in [2.45, 2.75) is 5.92 Å². The van der Waals surface area contributed by atoms with Gasteiger partial charge in [0.1, 0.15) is 5.82 Å². The highest BCUT2D eigenvalue weighted by Gasteiger charge is 2.39. The highest BCUT2D eigenvalue weighted by molar-refractivity contribution is 6.30. The molecule has 0 saturated carbocycles. The number of nitrogens with zero attached hydrogens (tertiary/aromatic N) is 2. The molecule has 0 bridgehead atoms. The van der Waals surface area contributed by atoms with E-state index in [-0.39, 0.29) is 23.4 Å². The molecule has 120 valence electrons. The third-order valence-corrected chi connectivity index (χ3v) is 4.36. The van der Waals surface area contributed by atoms with Crippen molar-refractivity contribution in [2.75, 3.05) is 25.1 Å². The molecule has 3 rings (SSSR count). The monoisotopic (exact) mass is 333 g/mol.